The van der Waals surface area contributed by atoms with Crippen molar-refractivity contribution >= 4 is 66.7 Å². The van der Waals surface area contributed by atoms with E-state index in [9.17, 15) is 19.2 Å². The summed E-state index contributed by atoms with van der Waals surface area (Å²) in [7, 11) is 1.49. The van der Waals surface area contributed by atoms with Crippen molar-refractivity contribution in [1.29, 1.82) is 0 Å². The molecule has 0 bridgehead atoms. The Labute approximate surface area is 187 Å². The molecule has 0 aliphatic carbocycles. The maximum absolute atomic E-state index is 13.0. The van der Waals surface area contributed by atoms with Crippen LogP contribution < -0.4 is 0 Å². The number of amides is 4. The molecule has 2 heterocycles. The van der Waals surface area contributed by atoms with Gasteiger partial charge in [-0.05, 0) is 63.5 Å². The molecule has 0 atom stereocenters. The zero-order valence-electron chi connectivity index (χ0n) is 17.4. The fourth-order valence-electron chi connectivity index (χ4n) is 5.60. The van der Waals surface area contributed by atoms with Crippen molar-refractivity contribution in [2.24, 2.45) is 0 Å². The van der Waals surface area contributed by atoms with Crippen molar-refractivity contribution in [3.63, 3.8) is 0 Å². The number of imide groups is 2. The van der Waals surface area contributed by atoms with Gasteiger partial charge in [0.25, 0.3) is 23.6 Å². The number of carbonyl (C=O) groups is 4. The molecule has 156 valence electrons. The van der Waals surface area contributed by atoms with Crippen LogP contribution in [0.4, 0.5) is 0 Å². The third kappa shape index (κ3) is 1.91. The molecule has 2 aliphatic rings. The molecule has 4 amide bonds. The quantitative estimate of drug-likeness (QED) is 0.226. The normalized spacial score (nSPS) is 15.8. The van der Waals surface area contributed by atoms with Crippen LogP contribution in [0.15, 0.2) is 48.5 Å². The second-order valence-electron chi connectivity index (χ2n) is 8.53. The maximum atomic E-state index is 13.0. The van der Waals surface area contributed by atoms with E-state index in [1.54, 1.807) is 24.3 Å². The lowest BCUT2D eigenvalue weighted by Gasteiger charge is -2.28. The van der Waals surface area contributed by atoms with Crippen LogP contribution in [0, 0.1) is 6.92 Å². The molecule has 0 spiro atoms. The van der Waals surface area contributed by atoms with E-state index in [2.05, 4.69) is 0 Å². The average Bonchev–Trinajstić information content (AvgIpc) is 2.83. The number of nitrogens with zero attached hydrogens (tertiary/aromatic N) is 2. The van der Waals surface area contributed by atoms with Crippen molar-refractivity contribution in [3.05, 3.63) is 77.7 Å². The first kappa shape index (κ1) is 18.3. The first-order chi connectivity index (χ1) is 15.9. The summed E-state index contributed by atoms with van der Waals surface area (Å²) in [6.07, 6.45) is 0. The summed E-state index contributed by atoms with van der Waals surface area (Å²) in [5, 5.41) is 6.40. The summed E-state index contributed by atoms with van der Waals surface area (Å²) in [6, 6.07) is 14.5. The van der Waals surface area contributed by atoms with Gasteiger partial charge in [-0.3, -0.25) is 29.0 Å². The minimum atomic E-state index is -0.408. The number of rotatable bonds is 1. The predicted octanol–water partition coefficient (Wildman–Crippen LogP) is 4.27. The smallest absolute Gasteiger partial charge is 0.261 e. The minimum absolute atomic E-state index is 0.188. The Kier molecular flexibility index (Phi) is 3.17. The van der Waals surface area contributed by atoms with Gasteiger partial charge in [0.15, 0.2) is 0 Å². The Morgan fingerprint density at radius 1 is 0.545 bits per heavy atom. The molecule has 6 nitrogen and oxygen atoms in total. The Bertz CT molecular complexity index is 1680. The van der Waals surface area contributed by atoms with Gasteiger partial charge >= 0.3 is 0 Å². The van der Waals surface area contributed by atoms with Crippen LogP contribution in [0.25, 0.3) is 43.1 Å². The molecule has 5 aromatic rings. The van der Waals surface area contributed by atoms with Crippen molar-refractivity contribution in [1.82, 2.24) is 9.80 Å². The Morgan fingerprint density at radius 2 is 0.879 bits per heavy atom. The van der Waals surface area contributed by atoms with E-state index in [1.165, 1.54) is 7.05 Å². The maximum Gasteiger partial charge on any atom is 0.261 e. The topological polar surface area (TPSA) is 74.8 Å². The van der Waals surface area contributed by atoms with Gasteiger partial charge in [0, 0.05) is 46.6 Å². The lowest BCUT2D eigenvalue weighted by molar-refractivity contribution is 0.0620. The monoisotopic (exact) mass is 430 g/mol. The van der Waals surface area contributed by atoms with E-state index in [0.29, 0.717) is 33.0 Å². The van der Waals surface area contributed by atoms with Crippen LogP contribution in [0.3, 0.4) is 0 Å². The van der Waals surface area contributed by atoms with E-state index >= 15 is 0 Å². The molecule has 0 fully saturated rings. The molecule has 33 heavy (non-hydrogen) atoms. The van der Waals surface area contributed by atoms with Crippen LogP contribution in [-0.4, -0.2) is 47.0 Å². The standard InChI is InChI=1S/C27H14N2O4/c1-3-29-26(32)18-10-6-14-12-4-8-16-22-17(25(31)28(2)24(16)30)9-5-13(20(12)22)15-7-11-19(27(29)33)23(18)21(14)15/h1,4-11H,3H2,2H3. The van der Waals surface area contributed by atoms with Gasteiger partial charge in [-0.25, -0.2) is 0 Å². The summed E-state index contributed by atoms with van der Waals surface area (Å²) in [4.78, 5) is 53.9. The van der Waals surface area contributed by atoms with E-state index < -0.39 is 11.8 Å². The first-order valence-corrected chi connectivity index (χ1v) is 10.5. The zero-order chi connectivity index (χ0) is 22.8. The van der Waals surface area contributed by atoms with Gasteiger partial charge in [-0.1, -0.05) is 24.3 Å². The van der Waals surface area contributed by atoms with Gasteiger partial charge in [0.2, 0.25) is 0 Å². The van der Waals surface area contributed by atoms with Gasteiger partial charge in [0.1, 0.15) is 0 Å². The number of hydrogen-bond donors (Lipinski definition) is 0. The molecule has 0 unspecified atom stereocenters. The third-order valence-electron chi connectivity index (χ3n) is 7.11. The van der Waals surface area contributed by atoms with E-state index in [-0.39, 0.29) is 18.4 Å². The van der Waals surface area contributed by atoms with E-state index in [4.69, 9.17) is 6.92 Å². The Morgan fingerprint density at radius 3 is 1.21 bits per heavy atom. The second kappa shape index (κ2) is 5.72. The number of benzene rings is 5. The molecule has 0 saturated carbocycles. The van der Waals surface area contributed by atoms with Crippen LogP contribution in [0.5, 0.6) is 0 Å². The van der Waals surface area contributed by atoms with Crippen LogP contribution in [0.1, 0.15) is 41.4 Å². The van der Waals surface area contributed by atoms with Gasteiger partial charge in [-0.15, -0.1) is 0 Å². The highest BCUT2D eigenvalue weighted by Crippen LogP contribution is 2.45. The molecule has 6 heteroatoms. The first-order valence-electron chi connectivity index (χ1n) is 10.5. The number of hydrogen-bond acceptors (Lipinski definition) is 4. The summed E-state index contributed by atoms with van der Waals surface area (Å²) in [6.45, 7) is 5.50. The molecule has 2 aliphatic heterocycles. The lowest BCUT2D eigenvalue weighted by Crippen LogP contribution is -2.40. The highest BCUT2D eigenvalue weighted by Gasteiger charge is 2.35. The van der Waals surface area contributed by atoms with Crippen molar-refractivity contribution in [3.8, 4) is 0 Å². The highest BCUT2D eigenvalue weighted by atomic mass is 16.2. The third-order valence-corrected chi connectivity index (χ3v) is 7.11. The molecule has 7 rings (SSSR count). The SMILES string of the molecule is [CH]CN1C(=O)c2ccc3c4ccc5c6c(ccc(c7ccc(c2c37)C1=O)c64)C(=O)N(C)C5=O. The van der Waals surface area contributed by atoms with Crippen LogP contribution in [0.2, 0.25) is 0 Å². The predicted molar refractivity (Wildman–Crippen MR) is 124 cm³/mol. The Hall–Kier alpha value is -4.32. The fraction of sp³-hybridized carbons (Fsp3) is 0.0741. The summed E-state index contributed by atoms with van der Waals surface area (Å²) in [5.74, 6) is -1.47. The van der Waals surface area contributed by atoms with Gasteiger partial charge < -0.3 is 0 Å². The second-order valence-corrected chi connectivity index (χ2v) is 8.53. The van der Waals surface area contributed by atoms with Gasteiger partial charge in [0.05, 0.1) is 0 Å². The molecular formula is C27H14N2O4. The molecule has 0 saturated heterocycles. The van der Waals surface area contributed by atoms with E-state index in [1.807, 2.05) is 24.3 Å². The fourth-order valence-corrected chi connectivity index (χ4v) is 5.60. The van der Waals surface area contributed by atoms with Crippen molar-refractivity contribution in [2.45, 2.75) is 0 Å². The van der Waals surface area contributed by atoms with Crippen molar-refractivity contribution in [2.75, 3.05) is 13.6 Å². The Balaban J connectivity index is 1.74. The molecular weight excluding hydrogens is 416 g/mol. The van der Waals surface area contributed by atoms with Crippen molar-refractivity contribution < 1.29 is 19.2 Å². The average molecular weight is 430 g/mol. The molecule has 0 aromatic heterocycles. The molecule has 5 aromatic carbocycles. The summed E-state index contributed by atoms with van der Waals surface area (Å²) in [5.41, 5.74) is 1.87. The number of carbonyl (C=O) groups excluding carboxylic acids is 4. The lowest BCUT2D eigenvalue weighted by atomic mass is 9.82. The van der Waals surface area contributed by atoms with Gasteiger partial charge in [-0.2, -0.15) is 0 Å². The largest absolute Gasteiger partial charge is 0.277 e. The number of fused-ring (bicyclic) bond motifs is 2. The highest BCUT2D eigenvalue weighted by molar-refractivity contribution is 6.41. The summed E-state index contributed by atoms with van der Waals surface area (Å²) >= 11 is 0. The van der Waals surface area contributed by atoms with Crippen LogP contribution >= 0.6 is 0 Å². The molecule has 0 N–H and O–H groups in total. The minimum Gasteiger partial charge on any atom is -0.277 e. The molecule has 2 radical (unpaired) electrons. The summed E-state index contributed by atoms with van der Waals surface area (Å²) < 4.78 is 0. The zero-order valence-corrected chi connectivity index (χ0v) is 17.4. The van der Waals surface area contributed by atoms with Crippen LogP contribution in [-0.2, 0) is 0 Å². The van der Waals surface area contributed by atoms with E-state index in [0.717, 1.165) is 42.1 Å².